The summed E-state index contributed by atoms with van der Waals surface area (Å²) in [4.78, 5) is 33.5. The monoisotopic (exact) mass is 275 g/mol. The predicted molar refractivity (Wildman–Crippen MR) is 66.5 cm³/mol. The van der Waals surface area contributed by atoms with Crippen molar-refractivity contribution in [3.63, 3.8) is 0 Å². The summed E-state index contributed by atoms with van der Waals surface area (Å²) < 4.78 is 9.74. The van der Waals surface area contributed by atoms with Gasteiger partial charge < -0.3 is 19.9 Å². The number of amides is 1. The highest BCUT2D eigenvalue weighted by atomic mass is 16.5. The molecule has 110 valence electrons. The molecule has 2 N–H and O–H groups in total. The van der Waals surface area contributed by atoms with E-state index in [0.717, 1.165) is 0 Å². The highest BCUT2D eigenvalue weighted by molar-refractivity contribution is 5.84. The van der Waals surface area contributed by atoms with Crippen LogP contribution in [0.1, 0.15) is 33.6 Å². The fourth-order valence-electron chi connectivity index (χ4n) is 1.23. The van der Waals surface area contributed by atoms with Crippen molar-refractivity contribution in [1.82, 2.24) is 5.32 Å². The van der Waals surface area contributed by atoms with Gasteiger partial charge in [0, 0.05) is 6.42 Å². The Kier molecular flexibility index (Phi) is 8.52. The second-order valence-electron chi connectivity index (χ2n) is 4.16. The fraction of sp³-hybridized carbons (Fsp3) is 0.750. The molecular weight excluding hydrogens is 254 g/mol. The molecule has 0 aromatic heterocycles. The van der Waals surface area contributed by atoms with Gasteiger partial charge in [-0.05, 0) is 27.2 Å². The van der Waals surface area contributed by atoms with Crippen molar-refractivity contribution < 1.29 is 29.0 Å². The van der Waals surface area contributed by atoms with Crippen LogP contribution < -0.4 is 5.32 Å². The Morgan fingerprint density at radius 1 is 1.26 bits per heavy atom. The Morgan fingerprint density at radius 3 is 2.37 bits per heavy atom. The molecule has 0 aliphatic heterocycles. The number of esters is 1. The van der Waals surface area contributed by atoms with Crippen LogP contribution in [0.25, 0.3) is 0 Å². The molecule has 0 radical (unpaired) electrons. The lowest BCUT2D eigenvalue weighted by Gasteiger charge is -2.14. The third-order valence-electron chi connectivity index (χ3n) is 2.12. The molecule has 0 unspecified atom stereocenters. The van der Waals surface area contributed by atoms with Crippen LogP contribution in [0, 0.1) is 0 Å². The number of rotatable bonds is 9. The number of carbonyl (C=O) groups is 3. The molecule has 0 spiro atoms. The van der Waals surface area contributed by atoms with Crippen LogP contribution in [0.3, 0.4) is 0 Å². The highest BCUT2D eigenvalue weighted by Crippen LogP contribution is 2.00. The van der Waals surface area contributed by atoms with Gasteiger partial charge in [0.05, 0.1) is 12.7 Å². The van der Waals surface area contributed by atoms with Crippen LogP contribution >= 0.6 is 0 Å². The first kappa shape index (κ1) is 17.4. The molecule has 19 heavy (non-hydrogen) atoms. The minimum atomic E-state index is -1.19. The van der Waals surface area contributed by atoms with Crippen LogP contribution in [0.2, 0.25) is 0 Å². The van der Waals surface area contributed by atoms with E-state index in [1.807, 2.05) is 0 Å². The van der Waals surface area contributed by atoms with E-state index in [-0.39, 0.29) is 32.2 Å². The van der Waals surface area contributed by atoms with E-state index in [0.29, 0.717) is 0 Å². The van der Waals surface area contributed by atoms with Gasteiger partial charge >= 0.3 is 11.9 Å². The molecule has 1 amide bonds. The number of ether oxygens (including phenoxy) is 2. The van der Waals surface area contributed by atoms with Crippen LogP contribution in [0.5, 0.6) is 0 Å². The fourth-order valence-corrected chi connectivity index (χ4v) is 1.23. The molecule has 1 atom stereocenters. The number of carbonyl (C=O) groups excluding carboxylic acids is 2. The zero-order valence-electron chi connectivity index (χ0n) is 11.5. The Labute approximate surface area is 112 Å². The summed E-state index contributed by atoms with van der Waals surface area (Å²) in [7, 11) is 0. The van der Waals surface area contributed by atoms with Gasteiger partial charge in [0.2, 0.25) is 5.91 Å². The molecule has 7 nitrogen and oxygen atoms in total. The van der Waals surface area contributed by atoms with E-state index < -0.39 is 23.9 Å². The highest BCUT2D eigenvalue weighted by Gasteiger charge is 2.21. The van der Waals surface area contributed by atoms with E-state index in [1.54, 1.807) is 20.8 Å². The van der Waals surface area contributed by atoms with Crippen LogP contribution in [0.4, 0.5) is 0 Å². The summed E-state index contributed by atoms with van der Waals surface area (Å²) >= 11 is 0. The lowest BCUT2D eigenvalue weighted by Crippen LogP contribution is -2.43. The van der Waals surface area contributed by atoms with Gasteiger partial charge in [-0.3, -0.25) is 9.59 Å². The number of carboxylic acid groups (broad SMARTS) is 1. The van der Waals surface area contributed by atoms with Crippen LogP contribution in [-0.4, -0.2) is 48.3 Å². The maximum atomic E-state index is 11.4. The van der Waals surface area contributed by atoms with Crippen molar-refractivity contribution >= 4 is 17.8 Å². The minimum Gasteiger partial charge on any atom is -0.480 e. The van der Waals surface area contributed by atoms with Crippen molar-refractivity contribution in [3.8, 4) is 0 Å². The first-order valence-electron chi connectivity index (χ1n) is 6.16. The summed E-state index contributed by atoms with van der Waals surface area (Å²) in [5.74, 6) is -2.20. The summed E-state index contributed by atoms with van der Waals surface area (Å²) in [6.07, 6.45) is -0.189. The zero-order valence-corrected chi connectivity index (χ0v) is 11.5. The number of hydrogen-bond acceptors (Lipinski definition) is 5. The van der Waals surface area contributed by atoms with Crippen molar-refractivity contribution in [3.05, 3.63) is 0 Å². The molecule has 0 rings (SSSR count). The van der Waals surface area contributed by atoms with E-state index in [9.17, 15) is 14.4 Å². The van der Waals surface area contributed by atoms with E-state index in [4.69, 9.17) is 9.84 Å². The third-order valence-corrected chi connectivity index (χ3v) is 2.12. The Balaban J connectivity index is 4.15. The molecule has 0 aliphatic carbocycles. The minimum absolute atomic E-state index is 0.0123. The quantitative estimate of drug-likeness (QED) is 0.588. The van der Waals surface area contributed by atoms with Crippen molar-refractivity contribution in [2.24, 2.45) is 0 Å². The van der Waals surface area contributed by atoms with E-state index in [2.05, 4.69) is 10.1 Å². The molecule has 0 fully saturated rings. The van der Waals surface area contributed by atoms with Gasteiger partial charge in [0.1, 0.15) is 12.6 Å². The standard InChI is InChI=1S/C12H21NO6/c1-4-18-11(15)6-5-9(12(16)17)13-10(14)7-19-8(2)3/h8-9H,4-7H2,1-3H3,(H,13,14)(H,16,17)/t9-/m0/s1. The van der Waals surface area contributed by atoms with Gasteiger partial charge in [-0.25, -0.2) is 4.79 Å². The number of aliphatic carboxylic acids is 1. The summed E-state index contributed by atoms with van der Waals surface area (Å²) in [6.45, 7) is 5.23. The van der Waals surface area contributed by atoms with Crippen LogP contribution in [0.15, 0.2) is 0 Å². The second kappa shape index (κ2) is 9.32. The SMILES string of the molecule is CCOC(=O)CC[C@H](NC(=O)COC(C)C)C(=O)O. The molecule has 0 heterocycles. The number of carboxylic acids is 1. The van der Waals surface area contributed by atoms with Crippen LogP contribution in [-0.2, 0) is 23.9 Å². The Morgan fingerprint density at radius 2 is 1.89 bits per heavy atom. The maximum Gasteiger partial charge on any atom is 0.326 e. The van der Waals surface area contributed by atoms with Gasteiger partial charge in [-0.15, -0.1) is 0 Å². The van der Waals surface area contributed by atoms with E-state index in [1.165, 1.54) is 0 Å². The van der Waals surface area contributed by atoms with Gasteiger partial charge in [0.25, 0.3) is 0 Å². The Bertz CT molecular complexity index is 315. The normalized spacial score (nSPS) is 12.0. The molecule has 0 saturated heterocycles. The molecule has 0 bridgehead atoms. The number of nitrogens with one attached hydrogen (secondary N) is 1. The average molecular weight is 275 g/mol. The zero-order chi connectivity index (χ0) is 14.8. The maximum absolute atomic E-state index is 11.4. The molecule has 0 aromatic rings. The lowest BCUT2D eigenvalue weighted by atomic mass is 10.1. The first-order valence-corrected chi connectivity index (χ1v) is 6.16. The molecule has 7 heteroatoms. The first-order chi connectivity index (χ1) is 8.86. The van der Waals surface area contributed by atoms with Gasteiger partial charge in [-0.2, -0.15) is 0 Å². The molecule has 0 saturated carbocycles. The van der Waals surface area contributed by atoms with E-state index >= 15 is 0 Å². The predicted octanol–water partition coefficient (Wildman–Crippen LogP) is 0.324. The largest absolute Gasteiger partial charge is 0.480 e. The average Bonchev–Trinajstić information content (AvgIpc) is 2.31. The van der Waals surface area contributed by atoms with Gasteiger partial charge in [0.15, 0.2) is 0 Å². The Hall–Kier alpha value is -1.63. The summed E-state index contributed by atoms with van der Waals surface area (Å²) in [6, 6.07) is -1.12. The molecule has 0 aliphatic rings. The number of hydrogen-bond donors (Lipinski definition) is 2. The third kappa shape index (κ3) is 9.01. The van der Waals surface area contributed by atoms with Crippen molar-refractivity contribution in [2.45, 2.75) is 45.8 Å². The van der Waals surface area contributed by atoms with Crippen molar-refractivity contribution in [1.29, 1.82) is 0 Å². The topological polar surface area (TPSA) is 102 Å². The molecule has 0 aromatic carbocycles. The molecular formula is C12H21NO6. The smallest absolute Gasteiger partial charge is 0.326 e. The second-order valence-corrected chi connectivity index (χ2v) is 4.16. The van der Waals surface area contributed by atoms with Gasteiger partial charge in [-0.1, -0.05) is 0 Å². The summed E-state index contributed by atoms with van der Waals surface area (Å²) in [5, 5.41) is 11.2. The summed E-state index contributed by atoms with van der Waals surface area (Å²) in [5.41, 5.74) is 0. The lowest BCUT2D eigenvalue weighted by molar-refractivity contribution is -0.145. The van der Waals surface area contributed by atoms with Crippen molar-refractivity contribution in [2.75, 3.05) is 13.2 Å².